The third-order valence-electron chi connectivity index (χ3n) is 4.96. The fraction of sp³-hybridized carbons (Fsp3) is 0.421. The van der Waals surface area contributed by atoms with E-state index in [9.17, 15) is 9.59 Å². The van der Waals surface area contributed by atoms with Gasteiger partial charge in [0.2, 0.25) is 0 Å². The van der Waals surface area contributed by atoms with Gasteiger partial charge in [0.1, 0.15) is 0 Å². The average molecular weight is 370 g/mol. The van der Waals surface area contributed by atoms with Gasteiger partial charge in [-0.2, -0.15) is 0 Å². The number of hydrogen-bond acceptors (Lipinski definition) is 5. The van der Waals surface area contributed by atoms with Crippen LogP contribution in [0.1, 0.15) is 31.5 Å². The quantitative estimate of drug-likeness (QED) is 0.813. The van der Waals surface area contributed by atoms with E-state index in [1.54, 1.807) is 4.90 Å². The summed E-state index contributed by atoms with van der Waals surface area (Å²) in [6, 6.07) is 9.26. The fourth-order valence-corrected chi connectivity index (χ4v) is 4.47. The Kier molecular flexibility index (Phi) is 4.74. The number of carbonyl (C=O) groups excluding carboxylic acids is 2. The Bertz CT molecular complexity index is 812. The number of fused-ring (bicyclic) bond motifs is 1. The number of benzene rings is 1. The second-order valence-electron chi connectivity index (χ2n) is 6.79. The van der Waals surface area contributed by atoms with Gasteiger partial charge in [-0.1, -0.05) is 18.2 Å². The third kappa shape index (κ3) is 3.24. The minimum absolute atomic E-state index is 0.00962. The minimum atomic E-state index is -0.0459. The van der Waals surface area contributed by atoms with Gasteiger partial charge >= 0.3 is 0 Å². The lowest BCUT2D eigenvalue weighted by Crippen LogP contribution is -2.47. The van der Waals surface area contributed by atoms with Crippen LogP contribution in [0, 0.1) is 0 Å². The van der Waals surface area contributed by atoms with E-state index in [4.69, 9.17) is 0 Å². The Balaban J connectivity index is 1.58. The van der Waals surface area contributed by atoms with Crippen molar-refractivity contribution in [1.82, 2.24) is 14.8 Å². The molecule has 0 radical (unpaired) electrons. The molecule has 0 N–H and O–H groups in total. The van der Waals surface area contributed by atoms with E-state index in [0.717, 1.165) is 43.9 Å². The highest BCUT2D eigenvalue weighted by Crippen LogP contribution is 2.33. The van der Waals surface area contributed by atoms with E-state index in [1.807, 2.05) is 35.2 Å². The molecule has 1 saturated heterocycles. The number of aromatic nitrogens is 1. The maximum absolute atomic E-state index is 12.9. The maximum Gasteiger partial charge on any atom is 0.283 e. The zero-order chi connectivity index (χ0) is 18.1. The average Bonchev–Trinajstić information content (AvgIpc) is 3.12. The SMILES string of the molecule is CN1CCN(C(=O)c2nc3c(s2)CCCN3C(=O)c2ccccc2)CC1. The van der Waals surface area contributed by atoms with Gasteiger partial charge in [-0.25, -0.2) is 4.98 Å². The summed E-state index contributed by atoms with van der Waals surface area (Å²) in [6.07, 6.45) is 1.78. The number of likely N-dealkylation sites (N-methyl/N-ethyl adjacent to an activating group) is 1. The summed E-state index contributed by atoms with van der Waals surface area (Å²) in [6.45, 7) is 3.87. The van der Waals surface area contributed by atoms with Crippen molar-refractivity contribution in [3.05, 3.63) is 45.8 Å². The van der Waals surface area contributed by atoms with E-state index < -0.39 is 0 Å². The van der Waals surface area contributed by atoms with Crippen LogP contribution >= 0.6 is 11.3 Å². The molecular formula is C19H22N4O2S. The molecule has 2 aromatic rings. The Morgan fingerprint density at radius 2 is 1.73 bits per heavy atom. The largest absolute Gasteiger partial charge is 0.334 e. The molecule has 2 amide bonds. The lowest BCUT2D eigenvalue weighted by Gasteiger charge is -2.31. The summed E-state index contributed by atoms with van der Waals surface area (Å²) in [7, 11) is 2.07. The van der Waals surface area contributed by atoms with Crippen LogP contribution in [0.2, 0.25) is 0 Å². The molecule has 1 aromatic heterocycles. The summed E-state index contributed by atoms with van der Waals surface area (Å²) < 4.78 is 0. The predicted octanol–water partition coefficient (Wildman–Crippen LogP) is 2.12. The number of nitrogens with zero attached hydrogens (tertiary/aromatic N) is 4. The van der Waals surface area contributed by atoms with Gasteiger partial charge < -0.3 is 9.80 Å². The van der Waals surface area contributed by atoms with Crippen LogP contribution < -0.4 is 4.90 Å². The van der Waals surface area contributed by atoms with E-state index >= 15 is 0 Å². The number of amides is 2. The molecule has 0 saturated carbocycles. The molecule has 0 bridgehead atoms. The van der Waals surface area contributed by atoms with Crippen molar-refractivity contribution in [2.45, 2.75) is 12.8 Å². The molecule has 4 rings (SSSR count). The molecule has 3 heterocycles. The Morgan fingerprint density at radius 1 is 1.00 bits per heavy atom. The summed E-state index contributed by atoms with van der Waals surface area (Å²) in [4.78, 5) is 37.1. The molecule has 0 spiro atoms. The molecule has 1 fully saturated rings. The molecule has 26 heavy (non-hydrogen) atoms. The predicted molar refractivity (Wildman–Crippen MR) is 102 cm³/mol. The van der Waals surface area contributed by atoms with E-state index in [0.29, 0.717) is 22.9 Å². The van der Waals surface area contributed by atoms with E-state index in [1.165, 1.54) is 11.3 Å². The second kappa shape index (κ2) is 7.17. The molecule has 0 unspecified atom stereocenters. The highest BCUT2D eigenvalue weighted by Gasteiger charge is 2.30. The van der Waals surface area contributed by atoms with Crippen LogP contribution in [0.4, 0.5) is 5.82 Å². The number of piperazine rings is 1. The van der Waals surface area contributed by atoms with Gasteiger partial charge in [0, 0.05) is 43.2 Å². The molecular weight excluding hydrogens is 348 g/mol. The molecule has 136 valence electrons. The van der Waals surface area contributed by atoms with Crippen LogP contribution in [0.5, 0.6) is 0 Å². The summed E-state index contributed by atoms with van der Waals surface area (Å²) in [5, 5.41) is 0.507. The molecule has 7 heteroatoms. The van der Waals surface area contributed by atoms with Crippen molar-refractivity contribution < 1.29 is 9.59 Å². The van der Waals surface area contributed by atoms with Gasteiger partial charge in [-0.3, -0.25) is 14.5 Å². The summed E-state index contributed by atoms with van der Waals surface area (Å²) in [5.74, 6) is 0.618. The molecule has 0 atom stereocenters. The van der Waals surface area contributed by atoms with Gasteiger partial charge in [-0.05, 0) is 32.0 Å². The lowest BCUT2D eigenvalue weighted by atomic mass is 10.1. The summed E-state index contributed by atoms with van der Waals surface area (Å²) in [5.41, 5.74) is 0.653. The van der Waals surface area contributed by atoms with Gasteiger partial charge in [0.25, 0.3) is 11.8 Å². The van der Waals surface area contributed by atoms with Crippen molar-refractivity contribution >= 4 is 29.0 Å². The zero-order valence-electron chi connectivity index (χ0n) is 14.9. The molecule has 2 aliphatic rings. The number of aryl methyl sites for hydroxylation is 1. The van der Waals surface area contributed by atoms with Crippen molar-refractivity contribution in [2.24, 2.45) is 0 Å². The highest BCUT2D eigenvalue weighted by atomic mass is 32.1. The normalized spacial score (nSPS) is 17.9. The van der Waals surface area contributed by atoms with Crippen molar-refractivity contribution in [3.63, 3.8) is 0 Å². The molecule has 2 aliphatic heterocycles. The van der Waals surface area contributed by atoms with E-state index in [-0.39, 0.29) is 11.8 Å². The zero-order valence-corrected chi connectivity index (χ0v) is 15.7. The maximum atomic E-state index is 12.9. The first-order chi connectivity index (χ1) is 12.6. The fourth-order valence-electron chi connectivity index (χ4n) is 3.39. The van der Waals surface area contributed by atoms with Crippen LogP contribution in [0.15, 0.2) is 30.3 Å². The summed E-state index contributed by atoms with van der Waals surface area (Å²) >= 11 is 1.44. The molecule has 1 aromatic carbocycles. The van der Waals surface area contributed by atoms with Gasteiger partial charge in [0.15, 0.2) is 10.8 Å². The Labute approximate surface area is 157 Å². The number of hydrogen-bond donors (Lipinski definition) is 0. The monoisotopic (exact) mass is 370 g/mol. The minimum Gasteiger partial charge on any atom is -0.334 e. The first kappa shape index (κ1) is 17.2. The number of thiazole rings is 1. The lowest BCUT2D eigenvalue weighted by molar-refractivity contribution is 0.0663. The highest BCUT2D eigenvalue weighted by molar-refractivity contribution is 7.14. The van der Waals surface area contributed by atoms with Gasteiger partial charge in [0.05, 0.1) is 0 Å². The topological polar surface area (TPSA) is 56.8 Å². The van der Waals surface area contributed by atoms with Crippen LogP contribution in [-0.2, 0) is 6.42 Å². The number of carbonyl (C=O) groups is 2. The molecule has 0 aliphatic carbocycles. The number of anilines is 1. The Morgan fingerprint density at radius 3 is 2.46 bits per heavy atom. The van der Waals surface area contributed by atoms with Crippen molar-refractivity contribution in [2.75, 3.05) is 44.7 Å². The standard InChI is InChI=1S/C19H22N4O2S/c1-21-10-12-22(13-11-21)19(25)17-20-16-15(26-17)8-5-9-23(16)18(24)14-6-3-2-4-7-14/h2-4,6-7H,5,8-13H2,1H3. The third-order valence-corrected chi connectivity index (χ3v) is 6.05. The van der Waals surface area contributed by atoms with Crippen LogP contribution in [0.25, 0.3) is 0 Å². The molecule has 6 nitrogen and oxygen atoms in total. The smallest absolute Gasteiger partial charge is 0.283 e. The van der Waals surface area contributed by atoms with Crippen LogP contribution in [0.3, 0.4) is 0 Å². The Hall–Kier alpha value is -2.25. The first-order valence-corrected chi connectivity index (χ1v) is 9.79. The second-order valence-corrected chi connectivity index (χ2v) is 7.87. The van der Waals surface area contributed by atoms with Crippen molar-refractivity contribution in [1.29, 1.82) is 0 Å². The van der Waals surface area contributed by atoms with Crippen LogP contribution in [-0.4, -0.2) is 66.4 Å². The van der Waals surface area contributed by atoms with Gasteiger partial charge in [-0.15, -0.1) is 11.3 Å². The van der Waals surface area contributed by atoms with Crippen molar-refractivity contribution in [3.8, 4) is 0 Å². The number of rotatable bonds is 2. The van der Waals surface area contributed by atoms with E-state index in [2.05, 4.69) is 16.9 Å². The first-order valence-electron chi connectivity index (χ1n) is 8.98.